The molecule has 2 aromatic heterocycles. The molecule has 3 aromatic carbocycles. The zero-order chi connectivity index (χ0) is 28.7. The van der Waals surface area contributed by atoms with Crippen molar-refractivity contribution in [3.05, 3.63) is 164 Å². The fraction of sp³-hybridized carbons (Fsp3) is 0.162. The standard InChI is InChI=1S/C21H23N2.C16H11N2.Ir/c1-20(2,18-11-7-5-8-12-18)22-15-16-23(17-22)21(3,4)19-13-9-6-10-14-19;1-3-10-17-15(8-1)13-6-5-7-14(12-13)16-9-2-4-11-18-16;/h5-11,13,15-17H,1-4H3;1-11H;/q-3;-1;. The summed E-state index contributed by atoms with van der Waals surface area (Å²) in [7, 11) is 0. The molecular formula is C37H34IrN4-4. The molecule has 3 heterocycles. The van der Waals surface area contributed by atoms with E-state index in [1.54, 1.807) is 12.4 Å². The normalized spacial score (nSPS) is 12.8. The van der Waals surface area contributed by atoms with E-state index in [1.807, 2.05) is 78.9 Å². The second-order valence-electron chi connectivity index (χ2n) is 10.8. The van der Waals surface area contributed by atoms with Gasteiger partial charge in [0.2, 0.25) is 0 Å². The molecule has 0 saturated carbocycles. The summed E-state index contributed by atoms with van der Waals surface area (Å²) in [6.07, 6.45) is 7.84. The number of hydrogen-bond donors (Lipinski definition) is 0. The zero-order valence-corrected chi connectivity index (χ0v) is 26.7. The summed E-state index contributed by atoms with van der Waals surface area (Å²) in [5.74, 6) is 0. The van der Waals surface area contributed by atoms with Crippen LogP contribution in [0.15, 0.2) is 128 Å². The molecule has 215 valence electrons. The predicted octanol–water partition coefficient (Wildman–Crippen LogP) is 8.27. The maximum absolute atomic E-state index is 4.33. The number of aromatic nitrogens is 2. The number of hydrogen-bond acceptors (Lipinski definition) is 4. The first-order chi connectivity index (χ1) is 19.9. The van der Waals surface area contributed by atoms with E-state index in [0.717, 1.165) is 22.5 Å². The smallest absolute Gasteiger partial charge is 0.0183 e. The number of nitrogens with zero attached hydrogens (tertiary/aromatic N) is 4. The monoisotopic (exact) mass is 727 g/mol. The molecule has 0 amide bonds. The predicted molar refractivity (Wildman–Crippen MR) is 165 cm³/mol. The van der Waals surface area contributed by atoms with Crippen molar-refractivity contribution in [1.82, 2.24) is 19.8 Å². The molecule has 4 nitrogen and oxygen atoms in total. The Hall–Kier alpha value is -4.05. The van der Waals surface area contributed by atoms with Crippen LogP contribution in [0.1, 0.15) is 38.8 Å². The Morgan fingerprint density at radius 3 is 1.40 bits per heavy atom. The molecular weight excluding hydrogens is 693 g/mol. The van der Waals surface area contributed by atoms with E-state index in [0.29, 0.717) is 0 Å². The SMILES string of the molecule is CC(C)(c1[c-]cccc1)N1C=CN(C(C)(C)c2[c-]cccc2)[CH-]1.[Ir].[c-]1c(-c2ccccn2)cccc1-c1ccccn1. The molecule has 0 atom stereocenters. The Bertz CT molecular complexity index is 1440. The van der Waals surface area contributed by atoms with Crippen molar-refractivity contribution >= 4 is 0 Å². The molecule has 1 aliphatic rings. The molecule has 0 saturated heterocycles. The van der Waals surface area contributed by atoms with Gasteiger partial charge in [0.1, 0.15) is 0 Å². The van der Waals surface area contributed by atoms with Gasteiger partial charge >= 0.3 is 0 Å². The van der Waals surface area contributed by atoms with E-state index < -0.39 is 0 Å². The second kappa shape index (κ2) is 13.7. The molecule has 42 heavy (non-hydrogen) atoms. The van der Waals surface area contributed by atoms with Gasteiger partial charge in [0, 0.05) is 55.0 Å². The van der Waals surface area contributed by atoms with Crippen molar-refractivity contribution in [2.24, 2.45) is 0 Å². The van der Waals surface area contributed by atoms with Gasteiger partial charge in [-0.2, -0.15) is 67.3 Å². The fourth-order valence-electron chi connectivity index (χ4n) is 4.65. The summed E-state index contributed by atoms with van der Waals surface area (Å²) in [5, 5.41) is 0. The van der Waals surface area contributed by atoms with Crippen molar-refractivity contribution in [1.29, 1.82) is 0 Å². The quantitative estimate of drug-likeness (QED) is 0.165. The molecule has 0 spiro atoms. The van der Waals surface area contributed by atoms with Gasteiger partial charge in [-0.3, -0.25) is 9.97 Å². The van der Waals surface area contributed by atoms with Crippen molar-refractivity contribution < 1.29 is 20.1 Å². The van der Waals surface area contributed by atoms with Crippen LogP contribution in [-0.2, 0) is 31.2 Å². The van der Waals surface area contributed by atoms with E-state index in [9.17, 15) is 0 Å². The minimum absolute atomic E-state index is 0. The number of benzene rings is 3. The Labute approximate surface area is 264 Å². The van der Waals surface area contributed by atoms with Gasteiger partial charge in [0.25, 0.3) is 0 Å². The van der Waals surface area contributed by atoms with Crippen molar-refractivity contribution in [3.63, 3.8) is 0 Å². The third kappa shape index (κ3) is 7.04. The molecule has 0 N–H and O–H groups in total. The van der Waals surface area contributed by atoms with Gasteiger partial charge < -0.3 is 9.80 Å². The maximum Gasteiger partial charge on any atom is 0.0183 e. The van der Waals surface area contributed by atoms with Crippen LogP contribution in [0.3, 0.4) is 0 Å². The molecule has 5 aromatic rings. The Balaban J connectivity index is 0.000000193. The van der Waals surface area contributed by atoms with Crippen LogP contribution in [0.25, 0.3) is 22.5 Å². The van der Waals surface area contributed by atoms with Gasteiger partial charge in [-0.25, -0.2) is 0 Å². The average Bonchev–Trinajstić information content (AvgIpc) is 3.56. The maximum atomic E-state index is 4.33. The molecule has 1 radical (unpaired) electrons. The van der Waals surface area contributed by atoms with Gasteiger partial charge in [-0.1, -0.05) is 35.4 Å². The van der Waals surface area contributed by atoms with Gasteiger partial charge in [-0.15, -0.1) is 35.4 Å². The molecule has 0 aliphatic carbocycles. The first kappa shape index (κ1) is 30.9. The van der Waals surface area contributed by atoms with Gasteiger partial charge in [0.15, 0.2) is 0 Å². The first-order valence-electron chi connectivity index (χ1n) is 13.8. The third-order valence-corrected chi connectivity index (χ3v) is 7.34. The molecule has 5 heteroatoms. The van der Waals surface area contributed by atoms with Crippen LogP contribution >= 0.6 is 0 Å². The van der Waals surface area contributed by atoms with Crippen LogP contribution < -0.4 is 0 Å². The van der Waals surface area contributed by atoms with Crippen LogP contribution in [0.2, 0.25) is 0 Å². The van der Waals surface area contributed by atoms with E-state index >= 15 is 0 Å². The molecule has 0 unspecified atom stereocenters. The summed E-state index contributed by atoms with van der Waals surface area (Å²) in [6.45, 7) is 11.0. The molecule has 0 bridgehead atoms. The molecule has 0 fully saturated rings. The Morgan fingerprint density at radius 1 is 0.571 bits per heavy atom. The largest absolute Gasteiger partial charge is 0.502 e. The first-order valence-corrected chi connectivity index (χ1v) is 13.8. The van der Waals surface area contributed by atoms with Crippen molar-refractivity contribution in [2.75, 3.05) is 0 Å². The van der Waals surface area contributed by atoms with E-state index in [2.05, 4.69) is 109 Å². The van der Waals surface area contributed by atoms with Crippen molar-refractivity contribution in [3.8, 4) is 22.5 Å². The molecule has 6 rings (SSSR count). The molecule has 1 aliphatic heterocycles. The minimum Gasteiger partial charge on any atom is -0.502 e. The third-order valence-electron chi connectivity index (χ3n) is 7.34. The van der Waals surface area contributed by atoms with Crippen LogP contribution in [0.4, 0.5) is 0 Å². The second-order valence-corrected chi connectivity index (χ2v) is 10.8. The van der Waals surface area contributed by atoms with Crippen molar-refractivity contribution in [2.45, 2.75) is 38.8 Å². The fourth-order valence-corrected chi connectivity index (χ4v) is 4.65. The summed E-state index contributed by atoms with van der Waals surface area (Å²) in [4.78, 5) is 13.1. The van der Waals surface area contributed by atoms with E-state index in [1.165, 1.54) is 11.1 Å². The van der Waals surface area contributed by atoms with E-state index in [4.69, 9.17) is 0 Å². The minimum atomic E-state index is -0.150. The van der Waals surface area contributed by atoms with Crippen LogP contribution in [0, 0.1) is 24.9 Å². The average molecular weight is 727 g/mol. The van der Waals surface area contributed by atoms with E-state index in [-0.39, 0.29) is 31.2 Å². The summed E-state index contributed by atoms with van der Waals surface area (Å²) in [6, 6.07) is 44.1. The van der Waals surface area contributed by atoms with Gasteiger partial charge in [0.05, 0.1) is 0 Å². The summed E-state index contributed by atoms with van der Waals surface area (Å²) < 4.78 is 0. The topological polar surface area (TPSA) is 32.3 Å². The Morgan fingerprint density at radius 2 is 1.02 bits per heavy atom. The zero-order valence-electron chi connectivity index (χ0n) is 24.3. The van der Waals surface area contributed by atoms with Gasteiger partial charge in [-0.05, 0) is 52.2 Å². The van der Waals surface area contributed by atoms with Crippen LogP contribution in [0.5, 0.6) is 0 Å². The number of rotatable bonds is 6. The number of pyridine rings is 2. The Kier molecular flexibility index (Phi) is 10.1. The van der Waals surface area contributed by atoms with Crippen LogP contribution in [-0.4, -0.2) is 19.8 Å². The summed E-state index contributed by atoms with van der Waals surface area (Å²) in [5.41, 5.74) is 5.87. The summed E-state index contributed by atoms with van der Waals surface area (Å²) >= 11 is 0.